The van der Waals surface area contributed by atoms with Crippen LogP contribution >= 0.6 is 0 Å². The molecule has 1 aliphatic carbocycles. The molecule has 3 rings (SSSR count). The van der Waals surface area contributed by atoms with Crippen molar-refractivity contribution in [2.24, 2.45) is 0 Å². The van der Waals surface area contributed by atoms with Crippen molar-refractivity contribution in [1.29, 1.82) is 0 Å². The number of hydrogen-bond donors (Lipinski definition) is 1. The van der Waals surface area contributed by atoms with Crippen LogP contribution in [0.3, 0.4) is 0 Å². The fourth-order valence-electron chi connectivity index (χ4n) is 3.31. The van der Waals surface area contributed by atoms with Crippen LogP contribution in [0.15, 0.2) is 36.5 Å². The molecule has 2 nitrogen and oxygen atoms in total. The molecule has 0 saturated heterocycles. The zero-order chi connectivity index (χ0) is 14.1. The van der Waals surface area contributed by atoms with Crippen LogP contribution in [0, 0.1) is 13.8 Å². The van der Waals surface area contributed by atoms with Crippen LogP contribution in [0.4, 0.5) is 0 Å². The smallest absolute Gasteiger partial charge is 0.0602 e. The highest BCUT2D eigenvalue weighted by Gasteiger charge is 2.28. The van der Waals surface area contributed by atoms with E-state index in [9.17, 15) is 0 Å². The standard InChI is InChI=1S/C18H22N2/c1-12-8-13(2)18(20-11-12)17(19-3)10-15-9-14-6-4-5-7-16(14)15/h4-8,11,15,17,19H,9-10H2,1-3H3. The van der Waals surface area contributed by atoms with Crippen LogP contribution < -0.4 is 5.32 Å². The fourth-order valence-corrected chi connectivity index (χ4v) is 3.31. The molecule has 2 aromatic rings. The molecule has 104 valence electrons. The van der Waals surface area contributed by atoms with E-state index in [1.807, 2.05) is 13.2 Å². The van der Waals surface area contributed by atoms with E-state index < -0.39 is 0 Å². The van der Waals surface area contributed by atoms with Gasteiger partial charge in [0.1, 0.15) is 0 Å². The summed E-state index contributed by atoms with van der Waals surface area (Å²) >= 11 is 0. The molecule has 0 saturated carbocycles. The quantitative estimate of drug-likeness (QED) is 0.913. The molecule has 0 amide bonds. The number of benzene rings is 1. The lowest BCUT2D eigenvalue weighted by molar-refractivity contribution is 0.443. The van der Waals surface area contributed by atoms with Crippen molar-refractivity contribution in [1.82, 2.24) is 10.3 Å². The van der Waals surface area contributed by atoms with E-state index in [-0.39, 0.29) is 0 Å². The molecule has 0 fully saturated rings. The Hall–Kier alpha value is -1.67. The van der Waals surface area contributed by atoms with Crippen molar-refractivity contribution >= 4 is 0 Å². The Bertz CT molecular complexity index is 619. The molecule has 2 atom stereocenters. The van der Waals surface area contributed by atoms with E-state index >= 15 is 0 Å². The van der Waals surface area contributed by atoms with Crippen molar-refractivity contribution < 1.29 is 0 Å². The highest BCUT2D eigenvalue weighted by Crippen LogP contribution is 2.40. The highest BCUT2D eigenvalue weighted by atomic mass is 14.9. The minimum atomic E-state index is 0.342. The Morgan fingerprint density at radius 2 is 2.10 bits per heavy atom. The molecular weight excluding hydrogens is 244 g/mol. The van der Waals surface area contributed by atoms with Crippen LogP contribution in [0.2, 0.25) is 0 Å². The number of hydrogen-bond acceptors (Lipinski definition) is 2. The van der Waals surface area contributed by atoms with Crippen LogP contribution in [0.5, 0.6) is 0 Å². The second-order valence-electron chi connectivity index (χ2n) is 5.89. The number of nitrogens with zero attached hydrogens (tertiary/aromatic N) is 1. The Balaban J connectivity index is 1.79. The minimum Gasteiger partial charge on any atom is -0.312 e. The summed E-state index contributed by atoms with van der Waals surface area (Å²) in [6.45, 7) is 4.26. The van der Waals surface area contributed by atoms with E-state index in [4.69, 9.17) is 0 Å². The van der Waals surface area contributed by atoms with E-state index in [2.05, 4.69) is 54.5 Å². The van der Waals surface area contributed by atoms with Gasteiger partial charge >= 0.3 is 0 Å². The first-order chi connectivity index (χ1) is 9.69. The Morgan fingerprint density at radius 3 is 2.80 bits per heavy atom. The van der Waals surface area contributed by atoms with Crippen molar-refractivity contribution in [2.75, 3.05) is 7.05 Å². The molecule has 2 heteroatoms. The molecule has 2 unspecified atom stereocenters. The normalized spacial score (nSPS) is 18.2. The van der Waals surface area contributed by atoms with E-state index in [1.54, 1.807) is 0 Å². The molecule has 0 radical (unpaired) electrons. The third-order valence-electron chi connectivity index (χ3n) is 4.42. The summed E-state index contributed by atoms with van der Waals surface area (Å²) in [7, 11) is 2.04. The summed E-state index contributed by atoms with van der Waals surface area (Å²) in [4.78, 5) is 4.65. The highest BCUT2D eigenvalue weighted by molar-refractivity contribution is 5.40. The first-order valence-corrected chi connectivity index (χ1v) is 7.37. The third kappa shape index (κ3) is 2.36. The van der Waals surface area contributed by atoms with Gasteiger partial charge in [0.25, 0.3) is 0 Å². The summed E-state index contributed by atoms with van der Waals surface area (Å²) in [5, 5.41) is 3.45. The second-order valence-corrected chi connectivity index (χ2v) is 5.89. The molecule has 0 aliphatic heterocycles. The average Bonchev–Trinajstić information content (AvgIpc) is 2.41. The van der Waals surface area contributed by atoms with Gasteiger partial charge in [-0.1, -0.05) is 30.3 Å². The van der Waals surface area contributed by atoms with Gasteiger partial charge in [-0.15, -0.1) is 0 Å². The van der Waals surface area contributed by atoms with Gasteiger partial charge in [0, 0.05) is 6.20 Å². The zero-order valence-electron chi connectivity index (χ0n) is 12.5. The molecule has 1 aliphatic rings. The summed E-state index contributed by atoms with van der Waals surface area (Å²) in [6, 6.07) is 11.4. The predicted molar refractivity (Wildman–Crippen MR) is 83.0 cm³/mol. The monoisotopic (exact) mass is 266 g/mol. The van der Waals surface area contributed by atoms with Gasteiger partial charge in [0.2, 0.25) is 0 Å². The lowest BCUT2D eigenvalue weighted by atomic mass is 9.74. The first kappa shape index (κ1) is 13.3. The number of fused-ring (bicyclic) bond motifs is 1. The second kappa shape index (κ2) is 5.37. The minimum absolute atomic E-state index is 0.342. The summed E-state index contributed by atoms with van der Waals surface area (Å²) in [5.74, 6) is 0.672. The maximum atomic E-state index is 4.65. The Labute approximate surface area is 121 Å². The van der Waals surface area contributed by atoms with Gasteiger partial charge in [-0.3, -0.25) is 4.98 Å². The first-order valence-electron chi connectivity index (χ1n) is 7.37. The predicted octanol–water partition coefficient (Wildman–Crippen LogP) is 3.69. The number of pyridine rings is 1. The van der Waals surface area contributed by atoms with Gasteiger partial charge in [0.15, 0.2) is 0 Å². The van der Waals surface area contributed by atoms with Crippen molar-refractivity contribution in [3.05, 3.63) is 64.5 Å². The lowest BCUT2D eigenvalue weighted by Gasteiger charge is -2.33. The molecule has 1 aromatic carbocycles. The number of aromatic nitrogens is 1. The van der Waals surface area contributed by atoms with Crippen LogP contribution in [0.1, 0.15) is 46.3 Å². The third-order valence-corrected chi connectivity index (χ3v) is 4.42. The van der Waals surface area contributed by atoms with Gasteiger partial charge in [-0.2, -0.15) is 0 Å². The van der Waals surface area contributed by atoms with Gasteiger partial charge in [-0.25, -0.2) is 0 Å². The van der Waals surface area contributed by atoms with Crippen molar-refractivity contribution in [3.8, 4) is 0 Å². The lowest BCUT2D eigenvalue weighted by Crippen LogP contribution is -2.26. The van der Waals surface area contributed by atoms with E-state index in [1.165, 1.54) is 34.4 Å². The van der Waals surface area contributed by atoms with Gasteiger partial charge in [-0.05, 0) is 61.9 Å². The van der Waals surface area contributed by atoms with E-state index in [0.29, 0.717) is 12.0 Å². The van der Waals surface area contributed by atoms with Crippen molar-refractivity contribution in [2.45, 2.75) is 38.6 Å². The largest absolute Gasteiger partial charge is 0.312 e. The van der Waals surface area contributed by atoms with Crippen molar-refractivity contribution in [3.63, 3.8) is 0 Å². The summed E-state index contributed by atoms with van der Waals surface area (Å²) in [6.07, 6.45) is 4.31. The molecule has 1 N–H and O–H groups in total. The Kier molecular flexibility index (Phi) is 3.58. The molecular formula is C18H22N2. The maximum absolute atomic E-state index is 4.65. The summed E-state index contributed by atoms with van der Waals surface area (Å²) in [5.41, 5.74) is 6.76. The zero-order valence-corrected chi connectivity index (χ0v) is 12.5. The molecule has 0 bridgehead atoms. The van der Waals surface area contributed by atoms with Crippen LogP contribution in [-0.4, -0.2) is 12.0 Å². The van der Waals surface area contributed by atoms with Crippen LogP contribution in [-0.2, 0) is 6.42 Å². The van der Waals surface area contributed by atoms with Crippen LogP contribution in [0.25, 0.3) is 0 Å². The number of aryl methyl sites for hydroxylation is 2. The molecule has 20 heavy (non-hydrogen) atoms. The Morgan fingerprint density at radius 1 is 1.30 bits per heavy atom. The molecule has 1 heterocycles. The fraction of sp³-hybridized carbons (Fsp3) is 0.389. The molecule has 0 spiro atoms. The van der Waals surface area contributed by atoms with Gasteiger partial charge in [0.05, 0.1) is 11.7 Å². The maximum Gasteiger partial charge on any atom is 0.0602 e. The topological polar surface area (TPSA) is 24.9 Å². The summed E-state index contributed by atoms with van der Waals surface area (Å²) < 4.78 is 0. The van der Waals surface area contributed by atoms with Gasteiger partial charge < -0.3 is 5.32 Å². The number of rotatable bonds is 4. The molecule has 1 aromatic heterocycles. The number of nitrogens with one attached hydrogen (secondary N) is 1. The van der Waals surface area contributed by atoms with E-state index in [0.717, 1.165) is 6.42 Å². The average molecular weight is 266 g/mol. The SMILES string of the molecule is CNC(CC1Cc2ccccc21)c1ncc(C)cc1C.